The largest absolute Gasteiger partial charge is 0.354 e. The predicted molar refractivity (Wildman–Crippen MR) is 104 cm³/mol. The molecule has 0 spiro atoms. The predicted octanol–water partition coefficient (Wildman–Crippen LogP) is 2.16. The minimum atomic E-state index is -3.68. The van der Waals surface area contributed by atoms with Crippen LogP contribution in [0, 0.1) is 0 Å². The molecular weight excluding hydrogens is 390 g/mol. The van der Waals surface area contributed by atoms with Crippen molar-refractivity contribution >= 4 is 33.4 Å². The molecule has 1 aliphatic rings. The molecule has 0 aromatic heterocycles. The van der Waals surface area contributed by atoms with Crippen LogP contribution in [-0.2, 0) is 14.8 Å². The lowest BCUT2D eigenvalue weighted by Crippen LogP contribution is -2.45. The maximum absolute atomic E-state index is 12.8. The molecule has 1 aliphatic heterocycles. The third-order valence-corrected chi connectivity index (χ3v) is 6.65. The second-order valence-corrected chi connectivity index (χ2v) is 8.94. The van der Waals surface area contributed by atoms with Gasteiger partial charge in [0.2, 0.25) is 15.9 Å². The standard InChI is InChI=1S/C18H26ClN3O4S/c1-3-9-20-17(23)13(2)21-18(24)15-12-14(7-8-16(15)19)27(25,26)22-10-5-4-6-11-22/h7-8,12-13H,3-6,9-11H2,1-2H3,(H,20,23)(H,21,24). The Bertz CT molecular complexity index is 792. The zero-order valence-corrected chi connectivity index (χ0v) is 17.2. The molecule has 0 radical (unpaired) electrons. The molecule has 1 saturated heterocycles. The van der Waals surface area contributed by atoms with Crippen LogP contribution >= 0.6 is 11.6 Å². The van der Waals surface area contributed by atoms with E-state index in [2.05, 4.69) is 10.6 Å². The van der Waals surface area contributed by atoms with Gasteiger partial charge >= 0.3 is 0 Å². The van der Waals surface area contributed by atoms with Gasteiger partial charge in [-0.05, 0) is 44.4 Å². The summed E-state index contributed by atoms with van der Waals surface area (Å²) in [5, 5.41) is 5.38. The van der Waals surface area contributed by atoms with E-state index in [0.29, 0.717) is 19.6 Å². The van der Waals surface area contributed by atoms with Gasteiger partial charge in [0.1, 0.15) is 6.04 Å². The van der Waals surface area contributed by atoms with Crippen LogP contribution in [0.3, 0.4) is 0 Å². The van der Waals surface area contributed by atoms with Gasteiger partial charge in [0.05, 0.1) is 15.5 Å². The average Bonchev–Trinajstić information content (AvgIpc) is 2.66. The maximum Gasteiger partial charge on any atom is 0.253 e. The van der Waals surface area contributed by atoms with Gasteiger partial charge in [0, 0.05) is 19.6 Å². The number of carbonyl (C=O) groups excluding carboxylic acids is 2. The van der Waals surface area contributed by atoms with Gasteiger partial charge in [-0.2, -0.15) is 4.31 Å². The van der Waals surface area contributed by atoms with Gasteiger partial charge in [-0.1, -0.05) is 24.9 Å². The number of benzene rings is 1. The molecule has 7 nitrogen and oxygen atoms in total. The molecule has 1 fully saturated rings. The van der Waals surface area contributed by atoms with E-state index in [0.717, 1.165) is 25.7 Å². The van der Waals surface area contributed by atoms with Crippen molar-refractivity contribution in [3.05, 3.63) is 28.8 Å². The molecule has 0 saturated carbocycles. The lowest BCUT2D eigenvalue weighted by Gasteiger charge is -2.26. The Morgan fingerprint density at radius 2 is 1.89 bits per heavy atom. The third-order valence-electron chi connectivity index (χ3n) is 4.43. The number of halogens is 1. The average molecular weight is 416 g/mol. The lowest BCUT2D eigenvalue weighted by molar-refractivity contribution is -0.122. The van der Waals surface area contributed by atoms with Crippen molar-refractivity contribution in [3.63, 3.8) is 0 Å². The molecule has 1 aromatic rings. The normalized spacial score (nSPS) is 16.6. The quantitative estimate of drug-likeness (QED) is 0.713. The van der Waals surface area contributed by atoms with Crippen molar-refractivity contribution in [2.45, 2.75) is 50.5 Å². The van der Waals surface area contributed by atoms with E-state index >= 15 is 0 Å². The fourth-order valence-electron chi connectivity index (χ4n) is 2.83. The van der Waals surface area contributed by atoms with E-state index in [1.165, 1.54) is 22.5 Å². The summed E-state index contributed by atoms with van der Waals surface area (Å²) in [5.41, 5.74) is 0.0323. The second kappa shape index (κ2) is 9.52. The molecule has 150 valence electrons. The van der Waals surface area contributed by atoms with Crippen molar-refractivity contribution in [1.82, 2.24) is 14.9 Å². The first-order chi connectivity index (χ1) is 12.8. The number of nitrogens with zero attached hydrogens (tertiary/aromatic N) is 1. The Morgan fingerprint density at radius 3 is 2.52 bits per heavy atom. The molecule has 0 aliphatic carbocycles. The molecule has 9 heteroatoms. The molecule has 1 heterocycles. The number of nitrogens with one attached hydrogen (secondary N) is 2. The highest BCUT2D eigenvalue weighted by Crippen LogP contribution is 2.25. The summed E-state index contributed by atoms with van der Waals surface area (Å²) < 4.78 is 27.1. The second-order valence-electron chi connectivity index (χ2n) is 6.59. The first kappa shape index (κ1) is 21.7. The molecule has 2 N–H and O–H groups in total. The number of piperidine rings is 1. The zero-order chi connectivity index (χ0) is 20.0. The van der Waals surface area contributed by atoms with Crippen LogP contribution in [0.5, 0.6) is 0 Å². The van der Waals surface area contributed by atoms with E-state index < -0.39 is 22.0 Å². The van der Waals surface area contributed by atoms with Gasteiger partial charge in [0.25, 0.3) is 5.91 Å². The number of hydrogen-bond acceptors (Lipinski definition) is 4. The summed E-state index contributed by atoms with van der Waals surface area (Å²) in [7, 11) is -3.68. The van der Waals surface area contributed by atoms with Crippen LogP contribution < -0.4 is 10.6 Å². The molecule has 1 atom stereocenters. The topological polar surface area (TPSA) is 95.6 Å². The Morgan fingerprint density at radius 1 is 1.22 bits per heavy atom. The molecule has 1 unspecified atom stereocenters. The summed E-state index contributed by atoms with van der Waals surface area (Å²) in [6.45, 7) is 4.95. The van der Waals surface area contributed by atoms with E-state index in [1.807, 2.05) is 6.92 Å². The van der Waals surface area contributed by atoms with Crippen LogP contribution in [0.15, 0.2) is 23.1 Å². The molecule has 0 bridgehead atoms. The summed E-state index contributed by atoms with van der Waals surface area (Å²) in [6, 6.07) is 3.32. The minimum Gasteiger partial charge on any atom is -0.354 e. The van der Waals surface area contributed by atoms with Crippen molar-refractivity contribution < 1.29 is 18.0 Å². The van der Waals surface area contributed by atoms with Gasteiger partial charge in [-0.25, -0.2) is 8.42 Å². The van der Waals surface area contributed by atoms with Crippen molar-refractivity contribution in [3.8, 4) is 0 Å². The highest BCUT2D eigenvalue weighted by Gasteiger charge is 2.27. The number of sulfonamides is 1. The Balaban J connectivity index is 2.19. The molecule has 27 heavy (non-hydrogen) atoms. The number of amides is 2. The monoisotopic (exact) mass is 415 g/mol. The maximum atomic E-state index is 12.8. The first-order valence-electron chi connectivity index (χ1n) is 9.15. The van der Waals surface area contributed by atoms with Crippen LogP contribution in [0.1, 0.15) is 49.9 Å². The van der Waals surface area contributed by atoms with Gasteiger partial charge in [0.15, 0.2) is 0 Å². The third kappa shape index (κ3) is 5.43. The molecule has 2 amide bonds. The Labute approximate surface area is 165 Å². The van der Waals surface area contributed by atoms with Crippen molar-refractivity contribution in [2.75, 3.05) is 19.6 Å². The van der Waals surface area contributed by atoms with E-state index in [-0.39, 0.29) is 21.4 Å². The van der Waals surface area contributed by atoms with Crippen LogP contribution in [-0.4, -0.2) is 50.2 Å². The molecule has 2 rings (SSSR count). The summed E-state index contributed by atoms with van der Waals surface area (Å²) in [4.78, 5) is 24.5. The fraction of sp³-hybridized carbons (Fsp3) is 0.556. The highest BCUT2D eigenvalue weighted by molar-refractivity contribution is 7.89. The van der Waals surface area contributed by atoms with E-state index in [1.54, 1.807) is 6.92 Å². The van der Waals surface area contributed by atoms with E-state index in [9.17, 15) is 18.0 Å². The van der Waals surface area contributed by atoms with Crippen molar-refractivity contribution in [1.29, 1.82) is 0 Å². The number of hydrogen-bond donors (Lipinski definition) is 2. The highest BCUT2D eigenvalue weighted by atomic mass is 35.5. The van der Waals surface area contributed by atoms with Crippen LogP contribution in [0.25, 0.3) is 0 Å². The SMILES string of the molecule is CCCNC(=O)C(C)NC(=O)c1cc(S(=O)(=O)N2CCCCC2)ccc1Cl. The smallest absolute Gasteiger partial charge is 0.253 e. The van der Waals surface area contributed by atoms with Crippen molar-refractivity contribution in [2.24, 2.45) is 0 Å². The first-order valence-corrected chi connectivity index (χ1v) is 11.0. The summed E-state index contributed by atoms with van der Waals surface area (Å²) >= 11 is 6.10. The number of carbonyl (C=O) groups is 2. The Hall–Kier alpha value is -1.64. The molecule has 1 aromatic carbocycles. The minimum absolute atomic E-state index is 0.0297. The zero-order valence-electron chi connectivity index (χ0n) is 15.6. The van der Waals surface area contributed by atoms with Gasteiger partial charge < -0.3 is 10.6 Å². The summed E-state index contributed by atoms with van der Waals surface area (Å²) in [5.74, 6) is -0.895. The summed E-state index contributed by atoms with van der Waals surface area (Å²) in [6.07, 6.45) is 3.45. The Kier molecular flexibility index (Phi) is 7.64. The van der Waals surface area contributed by atoms with Gasteiger partial charge in [-0.3, -0.25) is 9.59 Å². The van der Waals surface area contributed by atoms with Gasteiger partial charge in [-0.15, -0.1) is 0 Å². The lowest BCUT2D eigenvalue weighted by atomic mass is 10.2. The molecular formula is C18H26ClN3O4S. The number of rotatable bonds is 7. The van der Waals surface area contributed by atoms with Crippen LogP contribution in [0.2, 0.25) is 5.02 Å². The van der Waals surface area contributed by atoms with Crippen LogP contribution in [0.4, 0.5) is 0 Å². The fourth-order valence-corrected chi connectivity index (χ4v) is 4.58. The van der Waals surface area contributed by atoms with E-state index in [4.69, 9.17) is 11.6 Å².